The minimum Gasteiger partial charge on any atom is -0.384 e. The molecule has 0 fully saturated rings. The fourth-order valence-electron chi connectivity index (χ4n) is 0.977. The maximum atomic E-state index is 12.2. The fourth-order valence-corrected chi connectivity index (χ4v) is 0.977. The molecule has 0 aliphatic rings. The molecule has 0 amide bonds. The molecule has 0 aromatic carbocycles. The number of aliphatic hydroxyl groups is 1. The van der Waals surface area contributed by atoms with E-state index in [1.807, 2.05) is 0 Å². The lowest BCUT2D eigenvalue weighted by molar-refractivity contribution is -0.141. The first kappa shape index (κ1) is 11.9. The van der Waals surface area contributed by atoms with E-state index >= 15 is 0 Å². The summed E-state index contributed by atoms with van der Waals surface area (Å²) in [4.78, 5) is 6.81. The maximum absolute atomic E-state index is 12.2. The monoisotopic (exact) mass is 221 g/mol. The number of rotatable bonds is 3. The highest BCUT2D eigenvalue weighted by Gasteiger charge is 2.33. The summed E-state index contributed by atoms with van der Waals surface area (Å²) in [5.74, 6) is -0.237. The van der Waals surface area contributed by atoms with E-state index in [2.05, 4.69) is 15.3 Å². The zero-order valence-electron chi connectivity index (χ0n) is 7.91. The van der Waals surface area contributed by atoms with Crippen LogP contribution in [0.3, 0.4) is 0 Å². The molecule has 1 aromatic heterocycles. The molecule has 1 unspecified atom stereocenters. The van der Waals surface area contributed by atoms with E-state index in [1.54, 1.807) is 7.05 Å². The Morgan fingerprint density at radius 3 is 2.73 bits per heavy atom. The number of alkyl halides is 3. The van der Waals surface area contributed by atoms with Gasteiger partial charge in [-0.05, 0) is 13.1 Å². The van der Waals surface area contributed by atoms with Crippen molar-refractivity contribution in [2.45, 2.75) is 12.3 Å². The third-order valence-corrected chi connectivity index (χ3v) is 1.66. The van der Waals surface area contributed by atoms with Gasteiger partial charge in [-0.1, -0.05) is 0 Å². The molecule has 84 valence electrons. The normalized spacial score (nSPS) is 13.9. The first-order chi connectivity index (χ1) is 6.95. The lowest BCUT2D eigenvalue weighted by Crippen LogP contribution is -2.20. The van der Waals surface area contributed by atoms with E-state index in [0.717, 1.165) is 12.3 Å². The highest BCUT2D eigenvalue weighted by molar-refractivity contribution is 5.07. The summed E-state index contributed by atoms with van der Waals surface area (Å²) < 4.78 is 36.7. The zero-order chi connectivity index (χ0) is 11.5. The molecule has 4 nitrogen and oxygen atoms in total. The van der Waals surface area contributed by atoms with Crippen LogP contribution < -0.4 is 5.32 Å². The van der Waals surface area contributed by atoms with Crippen LogP contribution in [0.1, 0.15) is 17.6 Å². The lowest BCUT2D eigenvalue weighted by atomic mass is 10.3. The highest BCUT2D eigenvalue weighted by atomic mass is 19.4. The van der Waals surface area contributed by atoms with Gasteiger partial charge in [-0.2, -0.15) is 13.2 Å². The van der Waals surface area contributed by atoms with Gasteiger partial charge in [-0.3, -0.25) is 0 Å². The van der Waals surface area contributed by atoms with Gasteiger partial charge in [-0.25, -0.2) is 9.97 Å². The molecule has 15 heavy (non-hydrogen) atoms. The standard InChI is InChI=1S/C8H10F3N3O/c1-12-4-5(15)7-13-3-2-6(14-7)8(9,10)11/h2-3,5,12,15H,4H2,1H3. The number of aliphatic hydroxyl groups excluding tert-OH is 1. The van der Waals surface area contributed by atoms with Crippen molar-refractivity contribution in [1.29, 1.82) is 0 Å². The van der Waals surface area contributed by atoms with E-state index in [0.29, 0.717) is 0 Å². The molecule has 0 aliphatic heterocycles. The average molecular weight is 221 g/mol. The van der Waals surface area contributed by atoms with Crippen molar-refractivity contribution >= 4 is 0 Å². The van der Waals surface area contributed by atoms with Gasteiger partial charge < -0.3 is 10.4 Å². The summed E-state index contributed by atoms with van der Waals surface area (Å²) in [5.41, 5.74) is -1.05. The molecule has 7 heteroatoms. The first-order valence-corrected chi connectivity index (χ1v) is 4.18. The number of aromatic nitrogens is 2. The zero-order valence-corrected chi connectivity index (χ0v) is 7.91. The predicted octanol–water partition coefficient (Wildman–Crippen LogP) is 0.748. The average Bonchev–Trinajstić information content (AvgIpc) is 2.17. The Morgan fingerprint density at radius 1 is 1.53 bits per heavy atom. The predicted molar refractivity (Wildman–Crippen MR) is 45.9 cm³/mol. The van der Waals surface area contributed by atoms with Gasteiger partial charge >= 0.3 is 6.18 Å². The van der Waals surface area contributed by atoms with Crippen molar-refractivity contribution in [2.24, 2.45) is 0 Å². The van der Waals surface area contributed by atoms with Crippen LogP contribution in [0.15, 0.2) is 12.3 Å². The third-order valence-electron chi connectivity index (χ3n) is 1.66. The van der Waals surface area contributed by atoms with Gasteiger partial charge in [0.05, 0.1) is 0 Å². The van der Waals surface area contributed by atoms with Crippen molar-refractivity contribution in [2.75, 3.05) is 13.6 Å². The van der Waals surface area contributed by atoms with Gasteiger partial charge in [0.2, 0.25) is 0 Å². The Hall–Kier alpha value is -1.21. The third kappa shape index (κ3) is 3.14. The van der Waals surface area contributed by atoms with Crippen LogP contribution in [0.2, 0.25) is 0 Å². The van der Waals surface area contributed by atoms with Crippen LogP contribution >= 0.6 is 0 Å². The van der Waals surface area contributed by atoms with Crippen LogP contribution in [0.4, 0.5) is 13.2 Å². The second-order valence-corrected chi connectivity index (χ2v) is 2.87. The van der Waals surface area contributed by atoms with Crippen molar-refractivity contribution in [3.8, 4) is 0 Å². The molecular formula is C8H10F3N3O. The van der Waals surface area contributed by atoms with Crippen LogP contribution in [0.5, 0.6) is 0 Å². The number of likely N-dealkylation sites (N-methyl/N-ethyl adjacent to an activating group) is 1. The van der Waals surface area contributed by atoms with Crippen molar-refractivity contribution in [3.05, 3.63) is 23.8 Å². The summed E-state index contributed by atoms with van der Waals surface area (Å²) in [6, 6.07) is 0.760. The summed E-state index contributed by atoms with van der Waals surface area (Å²) in [6.07, 6.45) is -4.68. The Balaban J connectivity index is 2.92. The second kappa shape index (κ2) is 4.54. The van der Waals surface area contributed by atoms with Crippen LogP contribution in [0.25, 0.3) is 0 Å². The van der Waals surface area contributed by atoms with Gasteiger partial charge in [0.25, 0.3) is 0 Å². The minimum absolute atomic E-state index is 0.0985. The summed E-state index contributed by atoms with van der Waals surface area (Å²) in [7, 11) is 1.57. The molecule has 2 N–H and O–H groups in total. The maximum Gasteiger partial charge on any atom is 0.433 e. The molecule has 1 aromatic rings. The van der Waals surface area contributed by atoms with E-state index < -0.39 is 18.0 Å². The number of hydrogen-bond acceptors (Lipinski definition) is 4. The Bertz CT molecular complexity index is 329. The van der Waals surface area contributed by atoms with Gasteiger partial charge in [0.15, 0.2) is 5.82 Å². The van der Waals surface area contributed by atoms with E-state index in [9.17, 15) is 18.3 Å². The Kier molecular flexibility index (Phi) is 3.59. The highest BCUT2D eigenvalue weighted by Crippen LogP contribution is 2.27. The molecule has 0 saturated carbocycles. The van der Waals surface area contributed by atoms with E-state index in [1.165, 1.54) is 0 Å². The Labute approximate surface area is 84.2 Å². The summed E-state index contributed by atoms with van der Waals surface area (Å²) >= 11 is 0. The van der Waals surface area contributed by atoms with Crippen molar-refractivity contribution < 1.29 is 18.3 Å². The van der Waals surface area contributed by atoms with E-state index in [4.69, 9.17) is 0 Å². The molecule has 1 atom stereocenters. The number of nitrogens with one attached hydrogen (secondary N) is 1. The molecule has 0 saturated heterocycles. The number of hydrogen-bond donors (Lipinski definition) is 2. The number of halogens is 3. The quantitative estimate of drug-likeness (QED) is 0.790. The first-order valence-electron chi connectivity index (χ1n) is 4.18. The minimum atomic E-state index is -4.52. The second-order valence-electron chi connectivity index (χ2n) is 2.87. The molecule has 1 rings (SSSR count). The topological polar surface area (TPSA) is 58.0 Å². The van der Waals surface area contributed by atoms with Gasteiger partial charge in [-0.15, -0.1) is 0 Å². The fraction of sp³-hybridized carbons (Fsp3) is 0.500. The smallest absolute Gasteiger partial charge is 0.384 e. The van der Waals surface area contributed by atoms with E-state index in [-0.39, 0.29) is 12.4 Å². The SMILES string of the molecule is CNCC(O)c1nccc(C(F)(F)F)n1. The van der Waals surface area contributed by atoms with Gasteiger partial charge in [0.1, 0.15) is 11.8 Å². The largest absolute Gasteiger partial charge is 0.433 e. The molecule has 0 aliphatic carbocycles. The lowest BCUT2D eigenvalue weighted by Gasteiger charge is -2.10. The number of nitrogens with zero attached hydrogens (tertiary/aromatic N) is 2. The van der Waals surface area contributed by atoms with Crippen molar-refractivity contribution in [1.82, 2.24) is 15.3 Å². The Morgan fingerprint density at radius 2 is 2.20 bits per heavy atom. The summed E-state index contributed by atoms with van der Waals surface area (Å²) in [6.45, 7) is 0.0985. The molecule has 0 radical (unpaired) electrons. The molecule has 0 spiro atoms. The van der Waals surface area contributed by atoms with Crippen LogP contribution in [0, 0.1) is 0 Å². The molecule has 0 bridgehead atoms. The van der Waals surface area contributed by atoms with Crippen LogP contribution in [-0.4, -0.2) is 28.7 Å². The van der Waals surface area contributed by atoms with Crippen LogP contribution in [-0.2, 0) is 6.18 Å². The van der Waals surface area contributed by atoms with Crippen molar-refractivity contribution in [3.63, 3.8) is 0 Å². The molecule has 1 heterocycles. The van der Waals surface area contributed by atoms with Gasteiger partial charge in [0, 0.05) is 12.7 Å². The molecular weight excluding hydrogens is 211 g/mol. The summed E-state index contributed by atoms with van der Waals surface area (Å²) in [5, 5.41) is 12.0.